The molecule has 12 heteroatoms. The second-order valence-corrected chi connectivity index (χ2v) is 7.37. The number of fused-ring (bicyclic) bond motifs is 1. The van der Waals surface area contributed by atoms with E-state index in [4.69, 9.17) is 10.8 Å². The zero-order valence-corrected chi connectivity index (χ0v) is 17.6. The normalized spacial score (nSPS) is 11.7. The molecule has 1 atom stereocenters. The Labute approximate surface area is 187 Å². The van der Waals surface area contributed by atoms with Gasteiger partial charge < -0.3 is 26.2 Å². The number of pyridine rings is 1. The lowest BCUT2D eigenvalue weighted by molar-refractivity contribution is -0.140. The highest BCUT2D eigenvalue weighted by Gasteiger charge is 2.21. The molecule has 0 aliphatic rings. The van der Waals surface area contributed by atoms with Crippen molar-refractivity contribution in [3.05, 3.63) is 58.0 Å². The molecule has 6 N–H and O–H groups in total. The molecule has 0 aliphatic carbocycles. The number of carboxylic acids is 2. The predicted molar refractivity (Wildman–Crippen MR) is 119 cm³/mol. The molecule has 0 unspecified atom stereocenters. The molecule has 172 valence electrons. The molecule has 2 heterocycles. The van der Waals surface area contributed by atoms with Crippen LogP contribution in [0.1, 0.15) is 28.8 Å². The second-order valence-electron chi connectivity index (χ2n) is 7.37. The Bertz CT molecular complexity index is 1260. The van der Waals surface area contributed by atoms with Crippen LogP contribution in [-0.4, -0.2) is 56.1 Å². The maximum absolute atomic E-state index is 12.4. The van der Waals surface area contributed by atoms with Gasteiger partial charge in [-0.1, -0.05) is 0 Å². The van der Waals surface area contributed by atoms with Crippen molar-refractivity contribution >= 4 is 40.5 Å². The summed E-state index contributed by atoms with van der Waals surface area (Å²) in [5.41, 5.74) is 7.14. The fourth-order valence-corrected chi connectivity index (χ4v) is 3.17. The van der Waals surface area contributed by atoms with Crippen LogP contribution in [0.5, 0.6) is 0 Å². The molecule has 3 rings (SSSR count). The van der Waals surface area contributed by atoms with Gasteiger partial charge in [-0.15, -0.1) is 0 Å². The van der Waals surface area contributed by atoms with Gasteiger partial charge in [-0.25, -0.2) is 9.78 Å². The zero-order valence-electron chi connectivity index (χ0n) is 17.6. The molecule has 1 aromatic carbocycles. The van der Waals surface area contributed by atoms with Crippen molar-refractivity contribution in [3.63, 3.8) is 0 Å². The summed E-state index contributed by atoms with van der Waals surface area (Å²) in [5.74, 6) is -3.08. The first-order valence-electron chi connectivity index (χ1n) is 9.85. The smallest absolute Gasteiger partial charge is 0.326 e. The number of nitrogen functional groups attached to an aromatic ring is 1. The van der Waals surface area contributed by atoms with Crippen LogP contribution < -0.4 is 21.5 Å². The second kappa shape index (κ2) is 9.77. The van der Waals surface area contributed by atoms with Gasteiger partial charge in [-0.2, -0.15) is 4.98 Å². The molecule has 0 bridgehead atoms. The van der Waals surface area contributed by atoms with Crippen LogP contribution in [-0.2, 0) is 16.1 Å². The quantitative estimate of drug-likeness (QED) is 0.305. The standard InChI is InChI=1S/C21H22N6O6/c1-27(10-11-8-14-17(23-9-11)25-21(22)26-19(14)31)13-4-2-12(3-5-13)18(30)24-15(20(32)33)6-7-16(28)29/h2-5,8-9,15H,6-7,10H2,1H3,(H,24,30)(H,28,29)(H,32,33)(H3,22,23,25,26,31)/t15-/m0/s1. The first-order chi connectivity index (χ1) is 15.6. The van der Waals surface area contributed by atoms with Crippen molar-refractivity contribution in [1.82, 2.24) is 20.3 Å². The van der Waals surface area contributed by atoms with Crippen LogP contribution in [0, 0.1) is 0 Å². The van der Waals surface area contributed by atoms with Crippen LogP contribution in [0.15, 0.2) is 41.3 Å². The number of aromatic nitrogens is 3. The topological polar surface area (TPSA) is 192 Å². The largest absolute Gasteiger partial charge is 0.481 e. The SMILES string of the molecule is CN(Cc1cnc2nc(N)[nH]c(=O)c2c1)c1ccc(C(=O)N[C@@H](CCC(=O)O)C(=O)O)cc1. The minimum Gasteiger partial charge on any atom is -0.481 e. The average molecular weight is 454 g/mol. The van der Waals surface area contributed by atoms with E-state index in [2.05, 4.69) is 20.3 Å². The molecule has 2 aromatic heterocycles. The number of nitrogens with two attached hydrogens (primary N) is 1. The highest BCUT2D eigenvalue weighted by molar-refractivity contribution is 5.97. The molecule has 0 spiro atoms. The van der Waals surface area contributed by atoms with Gasteiger partial charge in [-0.05, 0) is 42.3 Å². The predicted octanol–water partition coefficient (Wildman–Crippen LogP) is 0.585. The third-order valence-electron chi connectivity index (χ3n) is 4.88. The number of aliphatic carboxylic acids is 2. The number of anilines is 2. The molecule has 0 saturated carbocycles. The molecule has 0 fully saturated rings. The van der Waals surface area contributed by atoms with E-state index in [9.17, 15) is 24.3 Å². The summed E-state index contributed by atoms with van der Waals surface area (Å²) in [4.78, 5) is 58.8. The monoisotopic (exact) mass is 454 g/mol. The molecule has 1 amide bonds. The van der Waals surface area contributed by atoms with Gasteiger partial charge in [0.2, 0.25) is 5.95 Å². The number of amides is 1. The van der Waals surface area contributed by atoms with Crippen molar-refractivity contribution in [2.24, 2.45) is 0 Å². The number of nitrogens with zero attached hydrogens (tertiary/aromatic N) is 3. The summed E-state index contributed by atoms with van der Waals surface area (Å²) in [6, 6.07) is 6.82. The molecular formula is C21H22N6O6. The lowest BCUT2D eigenvalue weighted by atomic mass is 10.1. The summed E-state index contributed by atoms with van der Waals surface area (Å²) in [5, 5.41) is 20.6. The van der Waals surface area contributed by atoms with Gasteiger partial charge in [0.1, 0.15) is 6.04 Å². The molecule has 12 nitrogen and oxygen atoms in total. The van der Waals surface area contributed by atoms with Crippen molar-refractivity contribution < 1.29 is 24.6 Å². The van der Waals surface area contributed by atoms with Crippen molar-refractivity contribution in [1.29, 1.82) is 0 Å². The van der Waals surface area contributed by atoms with Gasteiger partial charge in [0.05, 0.1) is 5.39 Å². The van der Waals surface area contributed by atoms with E-state index in [1.807, 2.05) is 11.9 Å². The zero-order chi connectivity index (χ0) is 24.1. The van der Waals surface area contributed by atoms with Crippen LogP contribution in [0.25, 0.3) is 11.0 Å². The van der Waals surface area contributed by atoms with Gasteiger partial charge >= 0.3 is 11.9 Å². The van der Waals surface area contributed by atoms with Gasteiger partial charge in [0.25, 0.3) is 11.5 Å². The molecule has 0 radical (unpaired) electrons. The van der Waals surface area contributed by atoms with E-state index in [0.29, 0.717) is 11.9 Å². The summed E-state index contributed by atoms with van der Waals surface area (Å²) < 4.78 is 0. The maximum Gasteiger partial charge on any atom is 0.326 e. The minimum absolute atomic E-state index is 0.00874. The number of nitrogens with one attached hydrogen (secondary N) is 2. The number of hydrogen-bond donors (Lipinski definition) is 5. The number of hydrogen-bond acceptors (Lipinski definition) is 8. The van der Waals surface area contributed by atoms with Gasteiger partial charge in [0.15, 0.2) is 5.65 Å². The number of benzene rings is 1. The Morgan fingerprint density at radius 1 is 1.21 bits per heavy atom. The Hall–Kier alpha value is -4.48. The molecule has 3 aromatic rings. The number of carboxylic acid groups (broad SMARTS) is 2. The number of carbonyl (C=O) groups is 3. The van der Waals surface area contributed by atoms with Crippen LogP contribution in [0.4, 0.5) is 11.6 Å². The fourth-order valence-electron chi connectivity index (χ4n) is 3.17. The Morgan fingerprint density at radius 3 is 2.55 bits per heavy atom. The third-order valence-corrected chi connectivity index (χ3v) is 4.88. The first kappa shape index (κ1) is 23.2. The molecule has 0 saturated heterocycles. The van der Waals surface area contributed by atoms with E-state index in [-0.39, 0.29) is 35.6 Å². The fraction of sp³-hybridized carbons (Fsp3) is 0.238. The lowest BCUT2D eigenvalue weighted by Crippen LogP contribution is -2.41. The Morgan fingerprint density at radius 2 is 1.91 bits per heavy atom. The maximum atomic E-state index is 12.4. The van der Waals surface area contributed by atoms with Gasteiger partial charge in [0, 0.05) is 37.5 Å². The van der Waals surface area contributed by atoms with Crippen molar-refractivity contribution in [2.45, 2.75) is 25.4 Å². The van der Waals surface area contributed by atoms with Crippen molar-refractivity contribution in [3.8, 4) is 0 Å². The highest BCUT2D eigenvalue weighted by atomic mass is 16.4. The number of carbonyl (C=O) groups excluding carboxylic acids is 1. The molecule has 33 heavy (non-hydrogen) atoms. The van der Waals surface area contributed by atoms with Crippen LogP contribution in [0.2, 0.25) is 0 Å². The van der Waals surface area contributed by atoms with E-state index in [0.717, 1.165) is 11.3 Å². The average Bonchev–Trinajstić information content (AvgIpc) is 2.76. The summed E-state index contributed by atoms with van der Waals surface area (Å²) >= 11 is 0. The van der Waals surface area contributed by atoms with E-state index in [1.165, 1.54) is 12.1 Å². The lowest BCUT2D eigenvalue weighted by Gasteiger charge is -2.20. The van der Waals surface area contributed by atoms with E-state index >= 15 is 0 Å². The molecule has 0 aliphatic heterocycles. The minimum atomic E-state index is -1.30. The number of H-pyrrole nitrogens is 1. The summed E-state index contributed by atoms with van der Waals surface area (Å²) in [7, 11) is 1.82. The third kappa shape index (κ3) is 5.81. The van der Waals surface area contributed by atoms with E-state index in [1.54, 1.807) is 24.4 Å². The highest BCUT2D eigenvalue weighted by Crippen LogP contribution is 2.18. The molecular weight excluding hydrogens is 432 g/mol. The van der Waals surface area contributed by atoms with Crippen molar-refractivity contribution in [2.75, 3.05) is 17.7 Å². The van der Waals surface area contributed by atoms with Crippen LogP contribution in [0.3, 0.4) is 0 Å². The Balaban J connectivity index is 1.68. The van der Waals surface area contributed by atoms with Crippen LogP contribution >= 0.6 is 0 Å². The van der Waals surface area contributed by atoms with E-state index < -0.39 is 23.9 Å². The summed E-state index contributed by atoms with van der Waals surface area (Å²) in [6.45, 7) is 0.411. The van der Waals surface area contributed by atoms with Gasteiger partial charge in [-0.3, -0.25) is 19.4 Å². The number of aromatic amines is 1. The Kier molecular flexibility index (Phi) is 6.86. The first-order valence-corrected chi connectivity index (χ1v) is 9.85. The summed E-state index contributed by atoms with van der Waals surface area (Å²) in [6.07, 6.45) is 0.998. The number of rotatable bonds is 9.